The number of benzene rings is 1. The summed E-state index contributed by atoms with van der Waals surface area (Å²) in [5.74, 6) is 0.718. The van der Waals surface area contributed by atoms with Gasteiger partial charge in [-0.05, 0) is 25.0 Å². The molecule has 94 valence electrons. The Morgan fingerprint density at radius 2 is 1.83 bits per heavy atom. The highest BCUT2D eigenvalue weighted by molar-refractivity contribution is 6.31. The van der Waals surface area contributed by atoms with Crippen LogP contribution in [-0.2, 0) is 12.8 Å². The summed E-state index contributed by atoms with van der Waals surface area (Å²) < 4.78 is 0. The molecule has 1 heterocycles. The summed E-state index contributed by atoms with van der Waals surface area (Å²) in [5.41, 5.74) is 2.97. The maximum atomic E-state index is 6.13. The van der Waals surface area contributed by atoms with Crippen molar-refractivity contribution >= 4 is 23.2 Å². The highest BCUT2D eigenvalue weighted by Gasteiger charge is 2.09. The second kappa shape index (κ2) is 5.68. The van der Waals surface area contributed by atoms with Crippen molar-refractivity contribution in [2.75, 3.05) is 0 Å². The molecule has 4 heteroatoms. The van der Waals surface area contributed by atoms with Gasteiger partial charge in [0.15, 0.2) is 0 Å². The highest BCUT2D eigenvalue weighted by atomic mass is 35.5. The number of aromatic nitrogens is 2. The molecule has 0 spiro atoms. The average Bonchev–Trinajstić information content (AvgIpc) is 2.36. The molecule has 0 aliphatic carbocycles. The zero-order valence-electron chi connectivity index (χ0n) is 10.4. The average molecular weight is 281 g/mol. The van der Waals surface area contributed by atoms with E-state index in [1.807, 2.05) is 31.2 Å². The van der Waals surface area contributed by atoms with Crippen LogP contribution in [-0.4, -0.2) is 9.97 Å². The normalized spacial score (nSPS) is 10.7. The minimum absolute atomic E-state index is 0.531. The minimum atomic E-state index is 0.531. The van der Waals surface area contributed by atoms with Crippen molar-refractivity contribution in [3.8, 4) is 0 Å². The van der Waals surface area contributed by atoms with Crippen LogP contribution in [0.25, 0.3) is 0 Å². The number of rotatable bonds is 3. The van der Waals surface area contributed by atoms with Crippen molar-refractivity contribution in [2.24, 2.45) is 0 Å². The molecule has 0 aliphatic heterocycles. The SMILES string of the molecule is CCc1nc(Cc2ccccc2Cl)nc(Cl)c1C. The van der Waals surface area contributed by atoms with E-state index in [1.54, 1.807) is 0 Å². The molecule has 0 atom stereocenters. The predicted octanol–water partition coefficient (Wildman–Crippen LogP) is 4.25. The lowest BCUT2D eigenvalue weighted by atomic mass is 10.1. The summed E-state index contributed by atoms with van der Waals surface area (Å²) in [6, 6.07) is 7.71. The first kappa shape index (κ1) is 13.3. The van der Waals surface area contributed by atoms with Gasteiger partial charge in [-0.3, -0.25) is 0 Å². The van der Waals surface area contributed by atoms with Crippen molar-refractivity contribution in [1.29, 1.82) is 0 Å². The van der Waals surface area contributed by atoms with Crippen LogP contribution in [0.3, 0.4) is 0 Å². The van der Waals surface area contributed by atoms with Crippen molar-refractivity contribution in [3.63, 3.8) is 0 Å². The van der Waals surface area contributed by atoms with Gasteiger partial charge < -0.3 is 0 Å². The van der Waals surface area contributed by atoms with Gasteiger partial charge >= 0.3 is 0 Å². The Bertz CT molecular complexity index is 568. The van der Waals surface area contributed by atoms with E-state index in [2.05, 4.69) is 16.9 Å². The zero-order chi connectivity index (χ0) is 13.1. The summed E-state index contributed by atoms with van der Waals surface area (Å²) >= 11 is 12.2. The molecule has 0 unspecified atom stereocenters. The highest BCUT2D eigenvalue weighted by Crippen LogP contribution is 2.20. The van der Waals surface area contributed by atoms with Gasteiger partial charge in [0.05, 0.1) is 0 Å². The maximum Gasteiger partial charge on any atom is 0.135 e. The minimum Gasteiger partial charge on any atom is -0.237 e. The lowest BCUT2D eigenvalue weighted by molar-refractivity contribution is 0.889. The molecule has 0 saturated heterocycles. The van der Waals surface area contributed by atoms with Gasteiger partial charge in [0, 0.05) is 22.7 Å². The summed E-state index contributed by atoms with van der Waals surface area (Å²) in [4.78, 5) is 8.85. The molecular weight excluding hydrogens is 267 g/mol. The molecule has 2 aromatic rings. The molecule has 1 aromatic carbocycles. The third-order valence-electron chi connectivity index (χ3n) is 2.87. The molecular formula is C14H14Cl2N2. The largest absolute Gasteiger partial charge is 0.237 e. The van der Waals surface area contributed by atoms with Gasteiger partial charge in [-0.15, -0.1) is 0 Å². The summed E-state index contributed by atoms with van der Waals surface area (Å²) in [7, 11) is 0. The smallest absolute Gasteiger partial charge is 0.135 e. The Kier molecular flexibility index (Phi) is 4.20. The maximum absolute atomic E-state index is 6.13. The molecule has 0 radical (unpaired) electrons. The van der Waals surface area contributed by atoms with Crippen molar-refractivity contribution in [1.82, 2.24) is 9.97 Å². The van der Waals surface area contributed by atoms with Crippen molar-refractivity contribution in [3.05, 3.63) is 57.1 Å². The molecule has 1 aromatic heterocycles. The predicted molar refractivity (Wildman–Crippen MR) is 75.4 cm³/mol. The number of nitrogens with zero attached hydrogens (tertiary/aromatic N) is 2. The third kappa shape index (κ3) is 2.82. The van der Waals surface area contributed by atoms with Gasteiger partial charge in [0.1, 0.15) is 11.0 Å². The van der Waals surface area contributed by atoms with Crippen LogP contribution < -0.4 is 0 Å². The summed E-state index contributed by atoms with van der Waals surface area (Å²) in [6.07, 6.45) is 1.45. The van der Waals surface area contributed by atoms with Crippen LogP contribution in [0.4, 0.5) is 0 Å². The van der Waals surface area contributed by atoms with Crippen molar-refractivity contribution < 1.29 is 0 Å². The Morgan fingerprint density at radius 1 is 1.11 bits per heavy atom. The number of halogens is 2. The fourth-order valence-electron chi connectivity index (χ4n) is 1.82. The van der Waals surface area contributed by atoms with E-state index in [1.165, 1.54) is 0 Å². The van der Waals surface area contributed by atoms with E-state index in [9.17, 15) is 0 Å². The Balaban J connectivity index is 2.36. The van der Waals surface area contributed by atoms with Gasteiger partial charge in [-0.2, -0.15) is 0 Å². The lowest BCUT2D eigenvalue weighted by Gasteiger charge is -2.08. The van der Waals surface area contributed by atoms with Gasteiger partial charge in [-0.25, -0.2) is 9.97 Å². The summed E-state index contributed by atoms with van der Waals surface area (Å²) in [6.45, 7) is 4.01. The quantitative estimate of drug-likeness (QED) is 0.786. The second-order valence-electron chi connectivity index (χ2n) is 4.12. The van der Waals surface area contributed by atoms with E-state index in [4.69, 9.17) is 23.2 Å². The van der Waals surface area contributed by atoms with E-state index < -0.39 is 0 Å². The molecule has 2 rings (SSSR count). The second-order valence-corrected chi connectivity index (χ2v) is 4.89. The van der Waals surface area contributed by atoms with E-state index in [0.717, 1.165) is 34.1 Å². The fraction of sp³-hybridized carbons (Fsp3) is 0.286. The van der Waals surface area contributed by atoms with Crippen LogP contribution in [0.15, 0.2) is 24.3 Å². The van der Waals surface area contributed by atoms with Crippen LogP contribution >= 0.6 is 23.2 Å². The van der Waals surface area contributed by atoms with Gasteiger partial charge in [-0.1, -0.05) is 48.3 Å². The zero-order valence-corrected chi connectivity index (χ0v) is 11.9. The number of hydrogen-bond donors (Lipinski definition) is 0. The monoisotopic (exact) mass is 280 g/mol. The molecule has 0 aliphatic rings. The number of hydrogen-bond acceptors (Lipinski definition) is 2. The Labute approximate surface area is 117 Å². The molecule has 0 amide bonds. The first-order valence-corrected chi connectivity index (χ1v) is 6.62. The third-order valence-corrected chi connectivity index (χ3v) is 3.61. The van der Waals surface area contributed by atoms with Gasteiger partial charge in [0.25, 0.3) is 0 Å². The molecule has 18 heavy (non-hydrogen) atoms. The first-order valence-electron chi connectivity index (χ1n) is 5.87. The van der Waals surface area contributed by atoms with E-state index in [0.29, 0.717) is 11.6 Å². The molecule has 0 N–H and O–H groups in total. The van der Waals surface area contributed by atoms with Gasteiger partial charge in [0.2, 0.25) is 0 Å². The topological polar surface area (TPSA) is 25.8 Å². The van der Waals surface area contributed by atoms with Crippen LogP contribution in [0.1, 0.15) is 29.6 Å². The van der Waals surface area contributed by atoms with Crippen LogP contribution in [0.2, 0.25) is 10.2 Å². The number of aryl methyl sites for hydroxylation is 1. The van der Waals surface area contributed by atoms with E-state index in [-0.39, 0.29) is 0 Å². The van der Waals surface area contributed by atoms with Crippen molar-refractivity contribution in [2.45, 2.75) is 26.7 Å². The van der Waals surface area contributed by atoms with Crippen LogP contribution in [0, 0.1) is 6.92 Å². The Morgan fingerprint density at radius 3 is 2.50 bits per heavy atom. The molecule has 0 bridgehead atoms. The first-order chi connectivity index (χ1) is 8.61. The van der Waals surface area contributed by atoms with E-state index >= 15 is 0 Å². The van der Waals surface area contributed by atoms with Crippen LogP contribution in [0.5, 0.6) is 0 Å². The molecule has 0 fully saturated rings. The molecule has 0 saturated carbocycles. The lowest BCUT2D eigenvalue weighted by Crippen LogP contribution is -2.04. The summed E-state index contributed by atoms with van der Waals surface area (Å²) in [5, 5.41) is 1.26. The Hall–Kier alpha value is -1.12. The standard InChI is InChI=1S/C14H14Cl2N2/c1-3-12-9(2)14(16)18-13(17-12)8-10-6-4-5-7-11(10)15/h4-7H,3,8H2,1-2H3. The molecule has 2 nitrogen and oxygen atoms in total. The fourth-order valence-corrected chi connectivity index (χ4v) is 2.23.